The van der Waals surface area contributed by atoms with Gasteiger partial charge >= 0.3 is 0 Å². The van der Waals surface area contributed by atoms with Crippen molar-refractivity contribution in [3.05, 3.63) is 59.7 Å². The second-order valence-electron chi connectivity index (χ2n) is 4.59. The van der Waals surface area contributed by atoms with Crippen LogP contribution in [0.1, 0.15) is 28.9 Å². The van der Waals surface area contributed by atoms with E-state index >= 15 is 0 Å². The highest BCUT2D eigenvalue weighted by Crippen LogP contribution is 2.16. The molecule has 1 amide bonds. The predicted octanol–water partition coefficient (Wildman–Crippen LogP) is 2.77. The average molecular weight is 270 g/mol. The lowest BCUT2D eigenvalue weighted by Gasteiger charge is -2.14. The van der Waals surface area contributed by atoms with Crippen LogP contribution in [-0.4, -0.2) is 13.0 Å². The van der Waals surface area contributed by atoms with E-state index in [1.807, 2.05) is 31.2 Å². The van der Waals surface area contributed by atoms with Crippen molar-refractivity contribution in [2.75, 3.05) is 12.8 Å². The highest BCUT2D eigenvalue weighted by Gasteiger charge is 2.11. The Hall–Kier alpha value is -2.49. The largest absolute Gasteiger partial charge is 0.497 e. The number of ether oxygens (including phenoxy) is 1. The molecule has 1 unspecified atom stereocenters. The van der Waals surface area contributed by atoms with Crippen molar-refractivity contribution in [2.45, 2.75) is 13.0 Å². The van der Waals surface area contributed by atoms with E-state index in [9.17, 15) is 4.79 Å². The first-order chi connectivity index (χ1) is 9.60. The number of hydrogen-bond donors (Lipinski definition) is 2. The van der Waals surface area contributed by atoms with Crippen LogP contribution in [0.2, 0.25) is 0 Å². The fourth-order valence-electron chi connectivity index (χ4n) is 1.89. The van der Waals surface area contributed by atoms with Gasteiger partial charge in [-0.2, -0.15) is 0 Å². The lowest BCUT2D eigenvalue weighted by Crippen LogP contribution is -2.26. The van der Waals surface area contributed by atoms with E-state index in [0.29, 0.717) is 11.3 Å². The molecule has 0 radical (unpaired) electrons. The van der Waals surface area contributed by atoms with Gasteiger partial charge in [-0.3, -0.25) is 4.79 Å². The van der Waals surface area contributed by atoms with Crippen molar-refractivity contribution in [3.8, 4) is 5.75 Å². The van der Waals surface area contributed by atoms with Gasteiger partial charge < -0.3 is 15.8 Å². The Labute approximate surface area is 118 Å². The first-order valence-electron chi connectivity index (χ1n) is 6.40. The minimum absolute atomic E-state index is 0.0785. The summed E-state index contributed by atoms with van der Waals surface area (Å²) in [4.78, 5) is 12.1. The van der Waals surface area contributed by atoms with E-state index in [-0.39, 0.29) is 11.9 Å². The van der Waals surface area contributed by atoms with E-state index in [2.05, 4.69) is 5.32 Å². The SMILES string of the molecule is COc1ccc(C(=O)NC(C)c2ccc(N)cc2)cc1. The highest BCUT2D eigenvalue weighted by molar-refractivity contribution is 5.94. The molecule has 1 atom stereocenters. The summed E-state index contributed by atoms with van der Waals surface area (Å²) >= 11 is 0. The van der Waals surface area contributed by atoms with Gasteiger partial charge in [-0.1, -0.05) is 12.1 Å². The van der Waals surface area contributed by atoms with Crippen molar-refractivity contribution in [1.29, 1.82) is 0 Å². The summed E-state index contributed by atoms with van der Waals surface area (Å²) in [5.74, 6) is 0.616. The number of amides is 1. The number of carbonyl (C=O) groups excluding carboxylic acids is 1. The van der Waals surface area contributed by atoms with E-state index in [4.69, 9.17) is 10.5 Å². The van der Waals surface area contributed by atoms with E-state index in [0.717, 1.165) is 11.3 Å². The maximum Gasteiger partial charge on any atom is 0.251 e. The first-order valence-corrected chi connectivity index (χ1v) is 6.40. The number of carbonyl (C=O) groups is 1. The van der Waals surface area contributed by atoms with Gasteiger partial charge in [0.25, 0.3) is 5.91 Å². The van der Waals surface area contributed by atoms with Crippen LogP contribution in [0.4, 0.5) is 5.69 Å². The third-order valence-corrected chi connectivity index (χ3v) is 3.14. The molecule has 2 aromatic carbocycles. The number of hydrogen-bond acceptors (Lipinski definition) is 3. The van der Waals surface area contributed by atoms with Crippen molar-refractivity contribution >= 4 is 11.6 Å². The van der Waals surface area contributed by atoms with Crippen molar-refractivity contribution in [1.82, 2.24) is 5.32 Å². The Kier molecular flexibility index (Phi) is 4.25. The van der Waals surface area contributed by atoms with Gasteiger partial charge in [-0.05, 0) is 48.9 Å². The van der Waals surface area contributed by atoms with Crippen molar-refractivity contribution in [2.24, 2.45) is 0 Å². The fourth-order valence-corrected chi connectivity index (χ4v) is 1.89. The highest BCUT2D eigenvalue weighted by atomic mass is 16.5. The average Bonchev–Trinajstić information content (AvgIpc) is 2.48. The molecule has 104 valence electrons. The number of benzene rings is 2. The zero-order valence-corrected chi connectivity index (χ0v) is 11.6. The molecular weight excluding hydrogens is 252 g/mol. The number of methoxy groups -OCH3 is 1. The molecule has 0 saturated heterocycles. The van der Waals surface area contributed by atoms with Gasteiger partial charge in [0.2, 0.25) is 0 Å². The van der Waals surface area contributed by atoms with E-state index in [1.165, 1.54) is 0 Å². The van der Waals surface area contributed by atoms with Crippen LogP contribution >= 0.6 is 0 Å². The molecule has 4 heteroatoms. The summed E-state index contributed by atoms with van der Waals surface area (Å²) in [5, 5.41) is 2.95. The van der Waals surface area contributed by atoms with Crippen molar-refractivity contribution < 1.29 is 9.53 Å². The Morgan fingerprint density at radius 1 is 1.10 bits per heavy atom. The fraction of sp³-hybridized carbons (Fsp3) is 0.188. The molecule has 20 heavy (non-hydrogen) atoms. The summed E-state index contributed by atoms with van der Waals surface area (Å²) in [6, 6.07) is 14.4. The molecule has 0 bridgehead atoms. The lowest BCUT2D eigenvalue weighted by molar-refractivity contribution is 0.0940. The number of rotatable bonds is 4. The summed E-state index contributed by atoms with van der Waals surface area (Å²) in [5.41, 5.74) is 7.98. The van der Waals surface area contributed by atoms with Gasteiger partial charge in [-0.25, -0.2) is 0 Å². The first kappa shape index (κ1) is 13.9. The van der Waals surface area contributed by atoms with Crippen LogP contribution in [0, 0.1) is 0 Å². The van der Waals surface area contributed by atoms with Gasteiger partial charge in [-0.15, -0.1) is 0 Å². The second kappa shape index (κ2) is 6.10. The molecule has 0 fully saturated rings. The van der Waals surface area contributed by atoms with Gasteiger partial charge in [0.15, 0.2) is 0 Å². The van der Waals surface area contributed by atoms with Gasteiger partial charge in [0, 0.05) is 11.3 Å². The molecule has 3 N–H and O–H groups in total. The third-order valence-electron chi connectivity index (χ3n) is 3.14. The number of nitrogens with one attached hydrogen (secondary N) is 1. The quantitative estimate of drug-likeness (QED) is 0.840. The molecule has 0 heterocycles. The van der Waals surface area contributed by atoms with Crippen LogP contribution in [-0.2, 0) is 0 Å². The van der Waals surface area contributed by atoms with E-state index < -0.39 is 0 Å². The lowest BCUT2D eigenvalue weighted by atomic mass is 10.1. The molecule has 0 aliphatic rings. The normalized spacial score (nSPS) is 11.7. The molecule has 4 nitrogen and oxygen atoms in total. The van der Waals surface area contributed by atoms with Crippen LogP contribution in [0.25, 0.3) is 0 Å². The summed E-state index contributed by atoms with van der Waals surface area (Å²) in [6.07, 6.45) is 0. The van der Waals surface area contributed by atoms with Crippen LogP contribution in [0.5, 0.6) is 5.75 Å². The maximum absolute atomic E-state index is 12.1. The van der Waals surface area contributed by atoms with Crippen LogP contribution in [0.3, 0.4) is 0 Å². The molecule has 0 aromatic heterocycles. The van der Waals surface area contributed by atoms with Gasteiger partial charge in [0.1, 0.15) is 5.75 Å². The van der Waals surface area contributed by atoms with Crippen LogP contribution < -0.4 is 15.8 Å². The van der Waals surface area contributed by atoms with Crippen molar-refractivity contribution in [3.63, 3.8) is 0 Å². The smallest absolute Gasteiger partial charge is 0.251 e. The topological polar surface area (TPSA) is 64.3 Å². The summed E-state index contributed by atoms with van der Waals surface area (Å²) in [6.45, 7) is 1.94. The third kappa shape index (κ3) is 3.29. The Bertz CT molecular complexity index is 576. The molecular formula is C16H18N2O2. The number of anilines is 1. The standard InChI is InChI=1S/C16H18N2O2/c1-11(12-3-7-14(17)8-4-12)18-16(19)13-5-9-15(20-2)10-6-13/h3-11H,17H2,1-2H3,(H,18,19). The molecule has 0 aliphatic heterocycles. The minimum Gasteiger partial charge on any atom is -0.497 e. The minimum atomic E-state index is -0.114. The summed E-state index contributed by atoms with van der Waals surface area (Å²) in [7, 11) is 1.60. The second-order valence-corrected chi connectivity index (χ2v) is 4.59. The van der Waals surface area contributed by atoms with E-state index in [1.54, 1.807) is 31.4 Å². The molecule has 2 aromatic rings. The Morgan fingerprint density at radius 2 is 1.70 bits per heavy atom. The number of nitrogens with two attached hydrogens (primary N) is 1. The zero-order chi connectivity index (χ0) is 14.5. The summed E-state index contributed by atoms with van der Waals surface area (Å²) < 4.78 is 5.07. The van der Waals surface area contributed by atoms with Crippen LogP contribution in [0.15, 0.2) is 48.5 Å². The Morgan fingerprint density at radius 3 is 2.25 bits per heavy atom. The maximum atomic E-state index is 12.1. The molecule has 2 rings (SSSR count). The zero-order valence-electron chi connectivity index (χ0n) is 11.6. The Balaban J connectivity index is 2.04. The molecule has 0 aliphatic carbocycles. The number of nitrogen functional groups attached to an aromatic ring is 1. The monoisotopic (exact) mass is 270 g/mol. The molecule has 0 saturated carbocycles. The molecule has 0 spiro atoms. The van der Waals surface area contributed by atoms with Gasteiger partial charge in [0.05, 0.1) is 13.2 Å². The predicted molar refractivity (Wildman–Crippen MR) is 79.7 cm³/mol.